The average molecular weight is 325 g/mol. The van der Waals surface area contributed by atoms with Crippen LogP contribution in [0.3, 0.4) is 0 Å². The predicted molar refractivity (Wildman–Crippen MR) is 106 cm³/mol. The lowest BCUT2D eigenvalue weighted by atomic mass is 9.96. The summed E-state index contributed by atoms with van der Waals surface area (Å²) in [5.41, 5.74) is 5.03. The van der Waals surface area contributed by atoms with Crippen LogP contribution in [0.1, 0.15) is 53.4 Å². The van der Waals surface area contributed by atoms with Crippen LogP contribution < -0.4 is 5.32 Å². The first-order chi connectivity index (χ1) is 11.7. The number of nitrogens with one attached hydrogen (secondary N) is 1. The highest BCUT2D eigenvalue weighted by Gasteiger charge is 2.21. The SMILES string of the molecule is C/C=C(\C)C1=CC(C2=CC=CCC2)=NC(C(C)C/C=C\CC)CN1. The lowest BCUT2D eigenvalue weighted by Crippen LogP contribution is -2.29. The lowest BCUT2D eigenvalue weighted by Gasteiger charge is -2.20. The van der Waals surface area contributed by atoms with Crippen molar-refractivity contribution in [3.05, 3.63) is 59.4 Å². The molecule has 2 nitrogen and oxygen atoms in total. The van der Waals surface area contributed by atoms with Gasteiger partial charge >= 0.3 is 0 Å². The maximum Gasteiger partial charge on any atom is 0.0707 e. The van der Waals surface area contributed by atoms with Gasteiger partial charge in [0.2, 0.25) is 0 Å². The number of hydrogen-bond acceptors (Lipinski definition) is 2. The number of rotatable bonds is 6. The quantitative estimate of drug-likeness (QED) is 0.639. The van der Waals surface area contributed by atoms with Gasteiger partial charge in [0.15, 0.2) is 0 Å². The van der Waals surface area contributed by atoms with E-state index >= 15 is 0 Å². The van der Waals surface area contributed by atoms with Gasteiger partial charge in [-0.3, -0.25) is 4.99 Å². The molecule has 0 aromatic carbocycles. The van der Waals surface area contributed by atoms with Crippen molar-refractivity contribution in [1.82, 2.24) is 5.32 Å². The van der Waals surface area contributed by atoms with E-state index in [9.17, 15) is 0 Å². The fraction of sp³-hybridized carbons (Fsp3) is 0.500. The molecule has 2 rings (SSSR count). The monoisotopic (exact) mass is 324 g/mol. The van der Waals surface area contributed by atoms with Crippen LogP contribution in [-0.2, 0) is 0 Å². The fourth-order valence-corrected chi connectivity index (χ4v) is 3.03. The van der Waals surface area contributed by atoms with Gasteiger partial charge in [-0.05, 0) is 62.7 Å². The van der Waals surface area contributed by atoms with Crippen molar-refractivity contribution in [3.63, 3.8) is 0 Å². The molecule has 0 spiro atoms. The Balaban J connectivity index is 2.26. The zero-order chi connectivity index (χ0) is 17.4. The number of allylic oxidation sites excluding steroid dienone is 9. The Morgan fingerprint density at radius 2 is 2.25 bits per heavy atom. The molecule has 0 saturated heterocycles. The summed E-state index contributed by atoms with van der Waals surface area (Å²) in [5.74, 6) is 0.536. The molecule has 2 atom stereocenters. The normalized spacial score (nSPS) is 23.2. The molecule has 1 aliphatic carbocycles. The van der Waals surface area contributed by atoms with Crippen LogP contribution >= 0.6 is 0 Å². The van der Waals surface area contributed by atoms with Crippen LogP contribution in [0.2, 0.25) is 0 Å². The molecule has 2 heteroatoms. The minimum Gasteiger partial charge on any atom is -0.383 e. The topological polar surface area (TPSA) is 24.4 Å². The maximum atomic E-state index is 5.16. The predicted octanol–water partition coefficient (Wildman–Crippen LogP) is 5.52. The van der Waals surface area contributed by atoms with Crippen LogP contribution in [0.15, 0.2) is 64.4 Å². The van der Waals surface area contributed by atoms with Gasteiger partial charge in [0.25, 0.3) is 0 Å². The molecule has 0 fully saturated rings. The van der Waals surface area contributed by atoms with Crippen molar-refractivity contribution in [2.45, 2.75) is 59.4 Å². The average Bonchev–Trinajstić information content (AvgIpc) is 2.85. The van der Waals surface area contributed by atoms with Crippen molar-refractivity contribution in [1.29, 1.82) is 0 Å². The van der Waals surface area contributed by atoms with Gasteiger partial charge < -0.3 is 5.32 Å². The van der Waals surface area contributed by atoms with Crippen LogP contribution in [-0.4, -0.2) is 18.3 Å². The van der Waals surface area contributed by atoms with Crippen LogP contribution in [0, 0.1) is 5.92 Å². The van der Waals surface area contributed by atoms with Crippen LogP contribution in [0.4, 0.5) is 0 Å². The first-order valence-corrected chi connectivity index (χ1v) is 9.33. The highest BCUT2D eigenvalue weighted by atomic mass is 15.0. The Hall–Kier alpha value is -1.83. The molecule has 0 aromatic heterocycles. The van der Waals surface area contributed by atoms with Gasteiger partial charge in [0.05, 0.1) is 11.8 Å². The van der Waals surface area contributed by atoms with E-state index in [-0.39, 0.29) is 0 Å². The smallest absolute Gasteiger partial charge is 0.0707 e. The third kappa shape index (κ3) is 5.09. The second kappa shape index (κ2) is 9.46. The highest BCUT2D eigenvalue weighted by molar-refractivity contribution is 6.09. The van der Waals surface area contributed by atoms with Gasteiger partial charge in [0, 0.05) is 12.2 Å². The molecule has 0 radical (unpaired) electrons. The van der Waals surface area contributed by atoms with Crippen molar-refractivity contribution >= 4 is 5.71 Å². The first kappa shape index (κ1) is 18.5. The van der Waals surface area contributed by atoms with E-state index < -0.39 is 0 Å². The molecule has 130 valence electrons. The Kier molecular flexibility index (Phi) is 7.30. The summed E-state index contributed by atoms with van der Waals surface area (Å²) in [5, 5.41) is 3.63. The Morgan fingerprint density at radius 1 is 1.42 bits per heavy atom. The summed E-state index contributed by atoms with van der Waals surface area (Å²) in [4.78, 5) is 5.16. The Bertz CT molecular complexity index is 599. The standard InChI is InChI=1S/C22H32N2/c1-5-7-9-12-18(4)22-16-23-20(17(3)6-2)15-21(24-22)19-13-10-8-11-14-19/h6-10,13,15,18,22-23H,5,11-12,14,16H2,1-4H3/b9-7-,17-6+. The minimum absolute atomic E-state index is 0.312. The highest BCUT2D eigenvalue weighted by Crippen LogP contribution is 2.22. The summed E-state index contributed by atoms with van der Waals surface area (Å²) in [6.07, 6.45) is 20.0. The first-order valence-electron chi connectivity index (χ1n) is 9.33. The fourth-order valence-electron chi connectivity index (χ4n) is 3.03. The maximum absolute atomic E-state index is 5.16. The van der Waals surface area contributed by atoms with E-state index in [0.717, 1.165) is 37.9 Å². The molecule has 0 saturated carbocycles. The molecule has 1 aliphatic heterocycles. The van der Waals surface area contributed by atoms with E-state index in [2.05, 4.69) is 75.5 Å². The van der Waals surface area contributed by atoms with Gasteiger partial charge in [-0.15, -0.1) is 0 Å². The Labute approximate surface area is 147 Å². The largest absolute Gasteiger partial charge is 0.383 e. The Morgan fingerprint density at radius 3 is 2.92 bits per heavy atom. The summed E-state index contributed by atoms with van der Waals surface area (Å²) in [6, 6.07) is 0.312. The molecule has 0 bridgehead atoms. The number of hydrogen-bond donors (Lipinski definition) is 1. The van der Waals surface area contributed by atoms with Crippen LogP contribution in [0.25, 0.3) is 0 Å². The molecular weight excluding hydrogens is 292 g/mol. The van der Waals surface area contributed by atoms with E-state index in [0.29, 0.717) is 12.0 Å². The lowest BCUT2D eigenvalue weighted by molar-refractivity contribution is 0.451. The van der Waals surface area contributed by atoms with Gasteiger partial charge in [-0.2, -0.15) is 0 Å². The molecule has 24 heavy (non-hydrogen) atoms. The van der Waals surface area contributed by atoms with Crippen LogP contribution in [0.5, 0.6) is 0 Å². The molecule has 1 N–H and O–H groups in total. The third-order valence-electron chi connectivity index (χ3n) is 4.86. The van der Waals surface area contributed by atoms with Crippen molar-refractivity contribution in [3.8, 4) is 0 Å². The van der Waals surface area contributed by atoms with Crippen molar-refractivity contribution < 1.29 is 0 Å². The van der Waals surface area contributed by atoms with Gasteiger partial charge in [0.1, 0.15) is 0 Å². The second-order valence-electron chi connectivity index (χ2n) is 6.74. The molecule has 2 aliphatic rings. The third-order valence-corrected chi connectivity index (χ3v) is 4.86. The summed E-state index contributed by atoms with van der Waals surface area (Å²) >= 11 is 0. The molecule has 1 heterocycles. The van der Waals surface area contributed by atoms with E-state index in [1.165, 1.54) is 16.8 Å². The molecule has 0 aromatic rings. The van der Waals surface area contributed by atoms with Crippen molar-refractivity contribution in [2.75, 3.05) is 6.54 Å². The minimum atomic E-state index is 0.312. The molecule has 0 amide bonds. The van der Waals surface area contributed by atoms with Gasteiger partial charge in [-0.1, -0.05) is 50.3 Å². The summed E-state index contributed by atoms with van der Waals surface area (Å²) in [7, 11) is 0. The zero-order valence-corrected chi connectivity index (χ0v) is 15.7. The second-order valence-corrected chi connectivity index (χ2v) is 6.74. The van der Waals surface area contributed by atoms with Gasteiger partial charge in [-0.25, -0.2) is 0 Å². The summed E-state index contributed by atoms with van der Waals surface area (Å²) in [6.45, 7) is 9.67. The molecule has 2 unspecified atom stereocenters. The zero-order valence-electron chi connectivity index (χ0n) is 15.7. The van der Waals surface area contributed by atoms with E-state index in [1.807, 2.05) is 0 Å². The number of aliphatic imine (C=N–C) groups is 1. The summed E-state index contributed by atoms with van der Waals surface area (Å²) < 4.78 is 0. The van der Waals surface area contributed by atoms with E-state index in [1.54, 1.807) is 0 Å². The van der Waals surface area contributed by atoms with E-state index in [4.69, 9.17) is 4.99 Å². The molecular formula is C22H32N2. The van der Waals surface area contributed by atoms with Crippen molar-refractivity contribution in [2.24, 2.45) is 10.9 Å². The number of nitrogens with zero attached hydrogens (tertiary/aromatic N) is 1.